The van der Waals surface area contributed by atoms with Crippen LogP contribution in [0.15, 0.2) is 12.2 Å². The molecule has 0 bridgehead atoms. The number of unbranched alkanes of at least 4 members (excludes halogenated alkanes) is 15. The number of hydrogen-bond acceptors (Lipinski definition) is 1. The van der Waals surface area contributed by atoms with Crippen LogP contribution in [-0.2, 0) is 4.79 Å². The fourth-order valence-corrected chi connectivity index (χ4v) is 3.05. The molecule has 2 nitrogen and oxygen atoms in total. The van der Waals surface area contributed by atoms with E-state index in [4.69, 9.17) is 5.11 Å². The van der Waals surface area contributed by atoms with Crippen LogP contribution in [0.3, 0.4) is 0 Å². The number of allylic oxidation sites excluding steroid dienone is 2. The number of hydrogen-bond donors (Lipinski definition) is 1. The van der Waals surface area contributed by atoms with Gasteiger partial charge in [0.2, 0.25) is 0 Å². The summed E-state index contributed by atoms with van der Waals surface area (Å²) in [5, 5.41) is 8.55. The molecule has 0 heterocycles. The van der Waals surface area contributed by atoms with E-state index in [1.807, 2.05) is 0 Å². The molecule has 0 saturated heterocycles. The minimum Gasteiger partial charge on any atom is -1.00 e. The second kappa shape index (κ2) is 24.2. The number of carboxylic acid groups (broad SMARTS) is 1. The Bertz CT molecular complexity index is 296. The van der Waals surface area contributed by atoms with Gasteiger partial charge >= 0.3 is 35.5 Å². The first-order chi connectivity index (χ1) is 11.8. The van der Waals surface area contributed by atoms with E-state index < -0.39 is 5.97 Å². The Balaban J connectivity index is -0.00000264. The third-order valence-electron chi connectivity index (χ3n) is 4.65. The quantitative estimate of drug-likeness (QED) is 0.204. The molecule has 0 aliphatic heterocycles. The van der Waals surface area contributed by atoms with Crippen LogP contribution in [-0.4, -0.2) is 11.1 Å². The zero-order valence-corrected chi connectivity index (χ0v) is 19.2. The summed E-state index contributed by atoms with van der Waals surface area (Å²) >= 11 is 0. The van der Waals surface area contributed by atoms with Gasteiger partial charge in [-0.2, -0.15) is 0 Å². The fourth-order valence-electron chi connectivity index (χ4n) is 3.05. The molecule has 25 heavy (non-hydrogen) atoms. The molecule has 0 rings (SSSR count). The molecule has 1 N–H and O–H groups in total. The Morgan fingerprint density at radius 2 is 1.04 bits per heavy atom. The monoisotopic (exact) mass is 362 g/mol. The van der Waals surface area contributed by atoms with Gasteiger partial charge in [0.05, 0.1) is 0 Å². The number of carbonyl (C=O) groups is 1. The second-order valence-electron chi connectivity index (χ2n) is 7.14. The largest absolute Gasteiger partial charge is 1.00 e. The molecule has 0 radical (unpaired) electrons. The summed E-state index contributed by atoms with van der Waals surface area (Å²) in [6, 6.07) is 0. The maximum atomic E-state index is 10.4. The minimum atomic E-state index is -0.656. The summed E-state index contributed by atoms with van der Waals surface area (Å²) in [6.45, 7) is 2.27. The molecule has 0 fully saturated rings. The molecule has 0 aromatic heterocycles. The molecular weight excluding hydrogens is 319 g/mol. The van der Waals surface area contributed by atoms with Crippen LogP contribution in [0.5, 0.6) is 0 Å². The Morgan fingerprint density at radius 3 is 1.44 bits per heavy atom. The van der Waals surface area contributed by atoms with Crippen molar-refractivity contribution < 1.29 is 40.9 Å². The first-order valence-corrected chi connectivity index (χ1v) is 10.6. The molecule has 0 aliphatic rings. The molecule has 0 aromatic rings. The first-order valence-electron chi connectivity index (χ1n) is 10.6. The van der Waals surface area contributed by atoms with Crippen LogP contribution >= 0.6 is 0 Å². The molecule has 0 spiro atoms. The van der Waals surface area contributed by atoms with E-state index in [9.17, 15) is 4.79 Å². The Hall–Kier alpha value is 0.210. The molecule has 144 valence electrons. The molecular formula is C22H43NaO2. The van der Waals surface area contributed by atoms with Crippen molar-refractivity contribution in [3.8, 4) is 0 Å². The van der Waals surface area contributed by atoms with Crippen LogP contribution < -0.4 is 29.6 Å². The van der Waals surface area contributed by atoms with E-state index in [0.29, 0.717) is 6.42 Å². The van der Waals surface area contributed by atoms with E-state index in [2.05, 4.69) is 19.1 Å². The Labute approximate surface area is 181 Å². The van der Waals surface area contributed by atoms with Crippen LogP contribution in [0.2, 0.25) is 0 Å². The zero-order valence-electron chi connectivity index (χ0n) is 18.2. The van der Waals surface area contributed by atoms with Crippen LogP contribution in [0, 0.1) is 0 Å². The number of carboxylic acids is 1. The summed E-state index contributed by atoms with van der Waals surface area (Å²) in [6.07, 6.45) is 27.1. The third kappa shape index (κ3) is 26.5. The van der Waals surface area contributed by atoms with Crippen LogP contribution in [0.4, 0.5) is 0 Å². The van der Waals surface area contributed by atoms with Gasteiger partial charge in [0.25, 0.3) is 0 Å². The number of aliphatic carboxylic acids is 1. The van der Waals surface area contributed by atoms with Gasteiger partial charge in [-0.3, -0.25) is 4.79 Å². The van der Waals surface area contributed by atoms with E-state index in [1.54, 1.807) is 0 Å². The van der Waals surface area contributed by atoms with Crippen molar-refractivity contribution in [2.75, 3.05) is 0 Å². The summed E-state index contributed by atoms with van der Waals surface area (Å²) in [5.74, 6) is -0.656. The normalized spacial score (nSPS) is 10.9. The van der Waals surface area contributed by atoms with Crippen molar-refractivity contribution in [3.63, 3.8) is 0 Å². The van der Waals surface area contributed by atoms with Gasteiger partial charge in [-0.15, -0.1) is 0 Å². The van der Waals surface area contributed by atoms with E-state index in [1.165, 1.54) is 96.3 Å². The maximum absolute atomic E-state index is 10.4. The third-order valence-corrected chi connectivity index (χ3v) is 4.65. The predicted molar refractivity (Wildman–Crippen MR) is 107 cm³/mol. The van der Waals surface area contributed by atoms with Gasteiger partial charge in [0.15, 0.2) is 0 Å². The van der Waals surface area contributed by atoms with Crippen molar-refractivity contribution in [2.45, 2.75) is 122 Å². The Morgan fingerprint density at radius 1 is 0.680 bits per heavy atom. The standard InChI is InChI=1S/C22H42O2.Na.H/c1-2-3-4-5-6-7-8-9-10-11-12-13-14-15-16-17-18-19-20-21-22(23)24;;/h9-10H,2-8,11-21H2,1H3,(H,23,24);;/q;+1;-1/b10-9-;;. The topological polar surface area (TPSA) is 37.3 Å². The Kier molecular flexibility index (Phi) is 26.6. The molecule has 0 unspecified atom stereocenters. The first kappa shape index (κ1) is 27.4. The predicted octanol–water partition coefficient (Wildman–Crippen LogP) is 4.79. The second-order valence-corrected chi connectivity index (χ2v) is 7.14. The van der Waals surface area contributed by atoms with Crippen molar-refractivity contribution in [1.82, 2.24) is 0 Å². The summed E-state index contributed by atoms with van der Waals surface area (Å²) < 4.78 is 0. The van der Waals surface area contributed by atoms with Crippen molar-refractivity contribution in [3.05, 3.63) is 12.2 Å². The molecule has 0 aromatic carbocycles. The van der Waals surface area contributed by atoms with Gasteiger partial charge in [0, 0.05) is 6.42 Å². The van der Waals surface area contributed by atoms with E-state index in [0.717, 1.165) is 12.8 Å². The zero-order chi connectivity index (χ0) is 17.7. The van der Waals surface area contributed by atoms with Crippen LogP contribution in [0.25, 0.3) is 0 Å². The van der Waals surface area contributed by atoms with Gasteiger partial charge in [0.1, 0.15) is 0 Å². The van der Waals surface area contributed by atoms with E-state index >= 15 is 0 Å². The average molecular weight is 363 g/mol. The molecule has 0 aliphatic carbocycles. The molecule has 0 amide bonds. The van der Waals surface area contributed by atoms with Crippen molar-refractivity contribution in [2.24, 2.45) is 0 Å². The molecule has 3 heteroatoms. The smallest absolute Gasteiger partial charge is 1.00 e. The number of rotatable bonds is 19. The average Bonchev–Trinajstić information content (AvgIpc) is 2.56. The summed E-state index contributed by atoms with van der Waals surface area (Å²) in [5.41, 5.74) is 0. The van der Waals surface area contributed by atoms with Gasteiger partial charge < -0.3 is 6.53 Å². The molecule has 0 atom stereocenters. The SMILES string of the molecule is CCCCCCCC/C=C\CCCCCCCCCCCC(=O)O.[H-].[Na+]. The molecule has 0 saturated carbocycles. The van der Waals surface area contributed by atoms with Gasteiger partial charge in [-0.05, 0) is 32.1 Å². The minimum absolute atomic E-state index is 0. The van der Waals surface area contributed by atoms with E-state index in [-0.39, 0.29) is 31.0 Å². The maximum Gasteiger partial charge on any atom is 1.00 e. The van der Waals surface area contributed by atoms with Crippen molar-refractivity contribution >= 4 is 5.97 Å². The van der Waals surface area contributed by atoms with Gasteiger partial charge in [-0.1, -0.05) is 96.1 Å². The summed E-state index contributed by atoms with van der Waals surface area (Å²) in [7, 11) is 0. The van der Waals surface area contributed by atoms with Crippen LogP contribution in [0.1, 0.15) is 124 Å². The van der Waals surface area contributed by atoms with Gasteiger partial charge in [-0.25, -0.2) is 0 Å². The fraction of sp³-hybridized carbons (Fsp3) is 0.864. The summed E-state index contributed by atoms with van der Waals surface area (Å²) in [4.78, 5) is 10.4. The van der Waals surface area contributed by atoms with Crippen molar-refractivity contribution in [1.29, 1.82) is 0 Å².